The van der Waals surface area contributed by atoms with E-state index >= 15 is 0 Å². The van der Waals surface area contributed by atoms with Gasteiger partial charge in [-0.1, -0.05) is 66.7 Å². The summed E-state index contributed by atoms with van der Waals surface area (Å²) in [5, 5.41) is 7.94. The van der Waals surface area contributed by atoms with E-state index in [0.717, 1.165) is 5.56 Å². The van der Waals surface area contributed by atoms with Crippen molar-refractivity contribution in [3.8, 4) is 0 Å². The van der Waals surface area contributed by atoms with Crippen molar-refractivity contribution in [3.63, 3.8) is 0 Å². The normalized spacial score (nSPS) is 18.0. The first-order chi connectivity index (χ1) is 21.1. The van der Waals surface area contributed by atoms with Crippen LogP contribution in [0.15, 0.2) is 85.1 Å². The van der Waals surface area contributed by atoms with Gasteiger partial charge >= 0.3 is 6.18 Å². The van der Waals surface area contributed by atoms with Crippen LogP contribution in [-0.2, 0) is 38.6 Å². The number of aromatic nitrogens is 1. The summed E-state index contributed by atoms with van der Waals surface area (Å²) >= 11 is 0. The molecule has 232 valence electrons. The molecule has 1 heterocycles. The summed E-state index contributed by atoms with van der Waals surface area (Å²) in [4.78, 5) is 57.2. The molecule has 1 aliphatic rings. The van der Waals surface area contributed by atoms with Gasteiger partial charge in [0.1, 0.15) is 12.1 Å². The number of ketones is 1. The average molecular weight is 609 g/mol. The first-order valence-electron chi connectivity index (χ1n) is 14.6. The predicted molar refractivity (Wildman–Crippen MR) is 157 cm³/mol. The SMILES string of the molecule is O=C(NCc1ccccn1)C(=O)[C@@H](Cc1ccccc1)NC(=O)[C@@H](Cc1ccccc1)NC(=O)C1CCC(C(F)(F)F)CC1. The molecule has 44 heavy (non-hydrogen) atoms. The first kappa shape index (κ1) is 32.4. The van der Waals surface area contributed by atoms with Crippen LogP contribution in [0.5, 0.6) is 0 Å². The van der Waals surface area contributed by atoms with Crippen LogP contribution in [0.2, 0.25) is 0 Å². The Balaban J connectivity index is 1.49. The van der Waals surface area contributed by atoms with Crippen LogP contribution in [0.25, 0.3) is 0 Å². The van der Waals surface area contributed by atoms with Crippen LogP contribution in [-0.4, -0.2) is 46.7 Å². The second-order valence-corrected chi connectivity index (χ2v) is 11.0. The Kier molecular flexibility index (Phi) is 11.2. The van der Waals surface area contributed by atoms with E-state index in [0.29, 0.717) is 11.3 Å². The summed E-state index contributed by atoms with van der Waals surface area (Å²) in [7, 11) is 0. The van der Waals surface area contributed by atoms with Crippen LogP contribution in [0.3, 0.4) is 0 Å². The second kappa shape index (κ2) is 15.3. The minimum absolute atomic E-state index is 0.0146. The molecule has 3 amide bonds. The molecule has 8 nitrogen and oxygen atoms in total. The van der Waals surface area contributed by atoms with Crippen LogP contribution < -0.4 is 16.0 Å². The highest BCUT2D eigenvalue weighted by atomic mass is 19.4. The molecule has 1 aliphatic carbocycles. The number of halogens is 3. The third-order valence-electron chi connectivity index (χ3n) is 7.77. The number of nitrogens with zero attached hydrogens (tertiary/aromatic N) is 1. The Morgan fingerprint density at radius 2 is 1.32 bits per heavy atom. The van der Waals surface area contributed by atoms with E-state index in [1.54, 1.807) is 85.1 Å². The zero-order valence-corrected chi connectivity index (χ0v) is 24.1. The summed E-state index contributed by atoms with van der Waals surface area (Å²) in [6.07, 6.45) is -2.84. The van der Waals surface area contributed by atoms with Gasteiger partial charge in [-0.2, -0.15) is 13.2 Å². The van der Waals surface area contributed by atoms with Gasteiger partial charge in [-0.05, 0) is 48.9 Å². The van der Waals surface area contributed by atoms with Gasteiger partial charge < -0.3 is 16.0 Å². The molecular formula is C33H35F3N4O4. The van der Waals surface area contributed by atoms with Gasteiger partial charge in [0.15, 0.2) is 0 Å². The third kappa shape index (κ3) is 9.48. The van der Waals surface area contributed by atoms with Crippen molar-refractivity contribution in [2.45, 2.75) is 63.3 Å². The average Bonchev–Trinajstić information content (AvgIpc) is 3.03. The maximum Gasteiger partial charge on any atom is 0.391 e. The van der Waals surface area contributed by atoms with E-state index in [-0.39, 0.29) is 45.1 Å². The Morgan fingerprint density at radius 1 is 0.750 bits per heavy atom. The van der Waals surface area contributed by atoms with Crippen LogP contribution in [0.1, 0.15) is 42.5 Å². The molecule has 1 fully saturated rings. The summed E-state index contributed by atoms with van der Waals surface area (Å²) in [5.74, 6) is -5.07. The third-order valence-corrected chi connectivity index (χ3v) is 7.77. The van der Waals surface area contributed by atoms with Crippen molar-refractivity contribution in [2.75, 3.05) is 0 Å². The lowest BCUT2D eigenvalue weighted by atomic mass is 9.81. The van der Waals surface area contributed by atoms with E-state index < -0.39 is 53.6 Å². The number of rotatable bonds is 12. The minimum atomic E-state index is -4.30. The number of hydrogen-bond donors (Lipinski definition) is 3. The molecule has 0 unspecified atom stereocenters. The van der Waals surface area contributed by atoms with Gasteiger partial charge in [0.05, 0.1) is 18.2 Å². The summed E-state index contributed by atoms with van der Waals surface area (Å²) in [6, 6.07) is 20.6. The Labute approximate surface area is 253 Å². The largest absolute Gasteiger partial charge is 0.391 e. The number of pyridine rings is 1. The maximum atomic E-state index is 13.7. The number of carbonyl (C=O) groups is 4. The van der Waals surface area contributed by atoms with Crippen LogP contribution in [0, 0.1) is 11.8 Å². The van der Waals surface area contributed by atoms with Crippen molar-refractivity contribution in [1.82, 2.24) is 20.9 Å². The topological polar surface area (TPSA) is 117 Å². The highest BCUT2D eigenvalue weighted by Gasteiger charge is 2.43. The number of carbonyl (C=O) groups excluding carboxylic acids is 4. The monoisotopic (exact) mass is 608 g/mol. The van der Waals surface area contributed by atoms with Crippen molar-refractivity contribution in [1.29, 1.82) is 0 Å². The van der Waals surface area contributed by atoms with Gasteiger partial charge in [0, 0.05) is 25.0 Å². The van der Waals surface area contributed by atoms with E-state index in [4.69, 9.17) is 0 Å². The number of alkyl halides is 3. The first-order valence-corrected chi connectivity index (χ1v) is 14.6. The molecule has 4 rings (SSSR count). The summed E-state index contributed by atoms with van der Waals surface area (Å²) < 4.78 is 39.4. The van der Waals surface area contributed by atoms with Crippen molar-refractivity contribution in [2.24, 2.45) is 11.8 Å². The van der Waals surface area contributed by atoms with E-state index in [1.165, 1.54) is 0 Å². The predicted octanol–water partition coefficient (Wildman–Crippen LogP) is 4.09. The van der Waals surface area contributed by atoms with E-state index in [1.807, 2.05) is 0 Å². The number of Topliss-reactive ketones (excluding diaryl/α,β-unsaturated/α-hetero) is 1. The summed E-state index contributed by atoms with van der Waals surface area (Å²) in [6.45, 7) is 0.0146. The fourth-order valence-electron chi connectivity index (χ4n) is 5.28. The number of nitrogens with one attached hydrogen (secondary N) is 3. The van der Waals surface area contributed by atoms with Gasteiger partial charge in [-0.15, -0.1) is 0 Å². The smallest absolute Gasteiger partial charge is 0.344 e. The van der Waals surface area contributed by atoms with Gasteiger partial charge in [-0.25, -0.2) is 0 Å². The molecule has 0 radical (unpaired) electrons. The molecule has 3 aromatic rings. The quantitative estimate of drug-likeness (QED) is 0.268. The Morgan fingerprint density at radius 3 is 1.86 bits per heavy atom. The number of benzene rings is 2. The fourth-order valence-corrected chi connectivity index (χ4v) is 5.28. The number of hydrogen-bond acceptors (Lipinski definition) is 5. The molecule has 2 atom stereocenters. The number of amides is 3. The lowest BCUT2D eigenvalue weighted by molar-refractivity contribution is -0.184. The fraction of sp³-hybridized carbons (Fsp3) is 0.364. The second-order valence-electron chi connectivity index (χ2n) is 11.0. The van der Waals surface area contributed by atoms with E-state index in [2.05, 4.69) is 20.9 Å². The van der Waals surface area contributed by atoms with Gasteiger partial charge in [0.2, 0.25) is 17.6 Å². The molecule has 0 saturated heterocycles. The molecule has 1 saturated carbocycles. The molecule has 0 spiro atoms. The standard InChI is InChI=1S/C33H35F3N4O4/c34-33(35,36)25-16-14-24(15-17-25)30(42)40-28(20-23-11-5-2-6-12-23)31(43)39-27(19-22-9-3-1-4-10-22)29(41)32(44)38-21-26-13-7-8-18-37-26/h1-13,18,24-25,27-28H,14-17,19-21H2,(H,38,44)(H,39,43)(H,40,42)/t24?,25?,27-,28-/m1/s1. The van der Waals surface area contributed by atoms with Crippen LogP contribution in [0.4, 0.5) is 13.2 Å². The molecule has 2 aromatic carbocycles. The van der Waals surface area contributed by atoms with Crippen molar-refractivity contribution < 1.29 is 32.3 Å². The van der Waals surface area contributed by atoms with E-state index in [9.17, 15) is 32.3 Å². The lowest BCUT2D eigenvalue weighted by Gasteiger charge is -2.30. The highest BCUT2D eigenvalue weighted by Crippen LogP contribution is 2.39. The zero-order valence-electron chi connectivity index (χ0n) is 24.1. The zero-order chi connectivity index (χ0) is 31.5. The Bertz CT molecular complexity index is 1400. The molecule has 3 N–H and O–H groups in total. The Hall–Kier alpha value is -4.54. The van der Waals surface area contributed by atoms with Crippen molar-refractivity contribution >= 4 is 23.5 Å². The molecule has 11 heteroatoms. The highest BCUT2D eigenvalue weighted by molar-refractivity contribution is 6.38. The van der Waals surface area contributed by atoms with Crippen LogP contribution >= 0.6 is 0 Å². The summed E-state index contributed by atoms with van der Waals surface area (Å²) in [5.41, 5.74) is 1.98. The molecule has 0 aliphatic heterocycles. The van der Waals surface area contributed by atoms with Crippen molar-refractivity contribution in [3.05, 3.63) is 102 Å². The molecule has 1 aromatic heterocycles. The molecule has 0 bridgehead atoms. The lowest BCUT2D eigenvalue weighted by Crippen LogP contribution is -2.56. The molecular weight excluding hydrogens is 573 g/mol. The van der Waals surface area contributed by atoms with Gasteiger partial charge in [0.25, 0.3) is 5.91 Å². The van der Waals surface area contributed by atoms with Gasteiger partial charge in [-0.3, -0.25) is 24.2 Å². The minimum Gasteiger partial charge on any atom is -0.344 e. The maximum absolute atomic E-state index is 13.7.